The van der Waals surface area contributed by atoms with E-state index < -0.39 is 17.8 Å². The Bertz CT molecular complexity index is 212. The molecule has 0 fully saturated rings. The smallest absolute Gasteiger partial charge is 0.177 e. The first-order valence-corrected chi connectivity index (χ1v) is 4.67. The molecule has 0 bridgehead atoms. The first-order chi connectivity index (χ1) is 6.37. The van der Waals surface area contributed by atoms with Crippen molar-refractivity contribution in [2.75, 3.05) is 7.11 Å². The minimum Gasteiger partial charge on any atom is -0.391 e. The van der Waals surface area contributed by atoms with Crippen LogP contribution >= 0.6 is 0 Å². The third kappa shape index (κ3) is 3.26. The van der Waals surface area contributed by atoms with Crippen molar-refractivity contribution < 1.29 is 14.6 Å². The van der Waals surface area contributed by atoms with Gasteiger partial charge in [0.05, 0.1) is 18.3 Å². The predicted octanol–water partition coefficient (Wildman–Crippen LogP) is 1.09. The van der Waals surface area contributed by atoms with Gasteiger partial charge in [-0.15, -0.1) is 0 Å². The monoisotopic (exact) mass is 201 g/mol. The van der Waals surface area contributed by atoms with E-state index in [4.69, 9.17) is 14.7 Å². The van der Waals surface area contributed by atoms with Gasteiger partial charge < -0.3 is 14.6 Å². The van der Waals surface area contributed by atoms with Gasteiger partial charge in [-0.05, 0) is 27.7 Å². The zero-order valence-electron chi connectivity index (χ0n) is 9.44. The number of methoxy groups -OCH3 is 1. The zero-order valence-corrected chi connectivity index (χ0v) is 9.44. The number of hydrogen-bond acceptors (Lipinski definition) is 4. The highest BCUT2D eigenvalue weighted by Gasteiger charge is 2.35. The molecule has 0 spiro atoms. The highest BCUT2D eigenvalue weighted by molar-refractivity contribution is 5.03. The molecule has 0 aliphatic carbocycles. The van der Waals surface area contributed by atoms with Crippen molar-refractivity contribution >= 4 is 0 Å². The highest BCUT2D eigenvalue weighted by Crippen LogP contribution is 2.20. The van der Waals surface area contributed by atoms with E-state index in [1.54, 1.807) is 27.7 Å². The van der Waals surface area contributed by atoms with E-state index >= 15 is 0 Å². The van der Waals surface area contributed by atoms with Crippen molar-refractivity contribution in [3.8, 4) is 6.07 Å². The van der Waals surface area contributed by atoms with Crippen LogP contribution in [-0.4, -0.2) is 36.1 Å². The lowest BCUT2D eigenvalue weighted by Gasteiger charge is -2.31. The minimum absolute atomic E-state index is 0.339. The average molecular weight is 201 g/mol. The molecule has 0 saturated carbocycles. The van der Waals surface area contributed by atoms with E-state index in [9.17, 15) is 5.11 Å². The number of aliphatic hydroxyl groups is 1. The second-order valence-corrected chi connectivity index (χ2v) is 3.66. The van der Waals surface area contributed by atoms with Gasteiger partial charge in [-0.3, -0.25) is 0 Å². The van der Waals surface area contributed by atoms with Crippen molar-refractivity contribution in [3.63, 3.8) is 0 Å². The summed E-state index contributed by atoms with van der Waals surface area (Å²) in [7, 11) is 1.52. The molecule has 0 aliphatic rings. The third-order valence-corrected chi connectivity index (χ3v) is 2.46. The average Bonchev–Trinajstić information content (AvgIpc) is 2.15. The van der Waals surface area contributed by atoms with Gasteiger partial charge in [0.2, 0.25) is 0 Å². The number of hydrogen-bond donors (Lipinski definition) is 1. The quantitative estimate of drug-likeness (QED) is 0.723. The van der Waals surface area contributed by atoms with Crippen LogP contribution in [0.4, 0.5) is 0 Å². The van der Waals surface area contributed by atoms with Gasteiger partial charge in [0, 0.05) is 7.11 Å². The van der Waals surface area contributed by atoms with E-state index in [0.717, 1.165) is 0 Å². The van der Waals surface area contributed by atoms with Crippen LogP contribution in [0.3, 0.4) is 0 Å². The summed E-state index contributed by atoms with van der Waals surface area (Å²) in [6.07, 6.45) is -1.34. The summed E-state index contributed by atoms with van der Waals surface area (Å²) < 4.78 is 10.5. The van der Waals surface area contributed by atoms with Crippen molar-refractivity contribution in [2.24, 2.45) is 0 Å². The standard InChI is InChI=1S/C10H19NO3/c1-7(12)8(2)14-10(4,6-11)9(3)13-5/h7-9,12H,1-5H3. The van der Waals surface area contributed by atoms with Crippen LogP contribution in [0.15, 0.2) is 0 Å². The Kier molecular flexibility index (Phi) is 5.06. The highest BCUT2D eigenvalue weighted by atomic mass is 16.6. The molecule has 0 radical (unpaired) electrons. The number of aliphatic hydroxyl groups excluding tert-OH is 1. The van der Waals surface area contributed by atoms with Crippen molar-refractivity contribution in [1.82, 2.24) is 0 Å². The van der Waals surface area contributed by atoms with Gasteiger partial charge in [0.25, 0.3) is 0 Å². The van der Waals surface area contributed by atoms with E-state index in [-0.39, 0.29) is 6.10 Å². The third-order valence-electron chi connectivity index (χ3n) is 2.46. The molecule has 1 N–H and O–H groups in total. The maximum absolute atomic E-state index is 9.26. The molecular weight excluding hydrogens is 182 g/mol. The molecule has 0 aromatic rings. The van der Waals surface area contributed by atoms with Gasteiger partial charge in [-0.2, -0.15) is 5.26 Å². The van der Waals surface area contributed by atoms with Crippen LogP contribution in [0.1, 0.15) is 27.7 Å². The fourth-order valence-corrected chi connectivity index (χ4v) is 0.923. The Labute approximate surface area is 85.4 Å². The summed E-state index contributed by atoms with van der Waals surface area (Å²) in [5.41, 5.74) is -1.02. The lowest BCUT2D eigenvalue weighted by Crippen LogP contribution is -2.44. The molecule has 0 aromatic carbocycles. The van der Waals surface area contributed by atoms with Crippen LogP contribution in [0, 0.1) is 11.3 Å². The first kappa shape index (κ1) is 13.4. The molecule has 82 valence electrons. The molecule has 0 amide bonds. The zero-order chi connectivity index (χ0) is 11.4. The molecule has 0 rings (SSSR count). The largest absolute Gasteiger partial charge is 0.391 e. The number of nitriles is 1. The SMILES string of the molecule is COC(C)C(C)(C#N)OC(C)C(C)O. The fraction of sp³-hybridized carbons (Fsp3) is 0.900. The fourth-order valence-electron chi connectivity index (χ4n) is 0.923. The summed E-state index contributed by atoms with van der Waals surface area (Å²) in [5.74, 6) is 0. The molecule has 0 saturated heterocycles. The molecule has 4 unspecified atom stereocenters. The van der Waals surface area contributed by atoms with Crippen molar-refractivity contribution in [3.05, 3.63) is 0 Å². The molecule has 14 heavy (non-hydrogen) atoms. The van der Waals surface area contributed by atoms with E-state index in [0.29, 0.717) is 0 Å². The Balaban J connectivity index is 4.49. The Hall–Kier alpha value is -0.630. The second-order valence-electron chi connectivity index (χ2n) is 3.66. The summed E-state index contributed by atoms with van der Waals surface area (Å²) >= 11 is 0. The lowest BCUT2D eigenvalue weighted by molar-refractivity contribution is -0.138. The van der Waals surface area contributed by atoms with E-state index in [1.165, 1.54) is 7.11 Å². The molecule has 0 heterocycles. The first-order valence-electron chi connectivity index (χ1n) is 4.67. The maximum atomic E-state index is 9.26. The van der Waals surface area contributed by atoms with Crippen molar-refractivity contribution in [2.45, 2.75) is 51.6 Å². The second kappa shape index (κ2) is 5.30. The molecule has 4 heteroatoms. The van der Waals surface area contributed by atoms with Crippen LogP contribution in [-0.2, 0) is 9.47 Å². The van der Waals surface area contributed by atoms with Gasteiger partial charge >= 0.3 is 0 Å². The summed E-state index contributed by atoms with van der Waals surface area (Å²) in [4.78, 5) is 0. The summed E-state index contributed by atoms with van der Waals surface area (Å²) in [5, 5.41) is 18.2. The Morgan fingerprint density at radius 1 is 1.36 bits per heavy atom. The van der Waals surface area contributed by atoms with E-state index in [2.05, 4.69) is 6.07 Å². The van der Waals surface area contributed by atoms with Gasteiger partial charge in [0.15, 0.2) is 5.60 Å². The molecule has 4 atom stereocenters. The molecule has 4 nitrogen and oxygen atoms in total. The Morgan fingerprint density at radius 2 is 1.86 bits per heavy atom. The van der Waals surface area contributed by atoms with Gasteiger partial charge in [-0.1, -0.05) is 0 Å². The normalized spacial score (nSPS) is 21.8. The lowest BCUT2D eigenvalue weighted by atomic mass is 10.0. The van der Waals surface area contributed by atoms with Crippen LogP contribution < -0.4 is 0 Å². The summed E-state index contributed by atoms with van der Waals surface area (Å²) in [6.45, 7) is 6.76. The van der Waals surface area contributed by atoms with Gasteiger partial charge in [-0.25, -0.2) is 0 Å². The number of nitrogens with zero attached hydrogens (tertiary/aromatic N) is 1. The molecule has 0 aromatic heterocycles. The van der Waals surface area contributed by atoms with Crippen LogP contribution in [0.5, 0.6) is 0 Å². The maximum Gasteiger partial charge on any atom is 0.177 e. The topological polar surface area (TPSA) is 62.5 Å². The van der Waals surface area contributed by atoms with Gasteiger partial charge in [0.1, 0.15) is 6.07 Å². The Morgan fingerprint density at radius 3 is 2.14 bits per heavy atom. The minimum atomic E-state index is -1.02. The predicted molar refractivity (Wildman–Crippen MR) is 52.7 cm³/mol. The number of ether oxygens (including phenoxy) is 2. The van der Waals surface area contributed by atoms with Crippen molar-refractivity contribution in [1.29, 1.82) is 5.26 Å². The van der Waals surface area contributed by atoms with E-state index in [1.807, 2.05) is 0 Å². The molecular formula is C10H19NO3. The van der Waals surface area contributed by atoms with Crippen LogP contribution in [0.2, 0.25) is 0 Å². The summed E-state index contributed by atoms with van der Waals surface area (Å²) in [6, 6.07) is 2.06. The van der Waals surface area contributed by atoms with Crippen LogP contribution in [0.25, 0.3) is 0 Å². The molecule has 0 aliphatic heterocycles. The number of rotatable bonds is 5.